The van der Waals surface area contributed by atoms with Crippen molar-refractivity contribution in [1.82, 2.24) is 4.90 Å². The third kappa shape index (κ3) is 3.63. The molecule has 1 aliphatic carbocycles. The van der Waals surface area contributed by atoms with Crippen LogP contribution in [0.4, 0.5) is 0 Å². The van der Waals surface area contributed by atoms with Gasteiger partial charge in [-0.25, -0.2) is 0 Å². The van der Waals surface area contributed by atoms with E-state index in [9.17, 15) is 0 Å². The lowest BCUT2D eigenvalue weighted by molar-refractivity contribution is 0.0991. The maximum Gasteiger partial charge on any atom is 0.0589 e. The van der Waals surface area contributed by atoms with Gasteiger partial charge in [-0.15, -0.1) is 0 Å². The van der Waals surface area contributed by atoms with E-state index in [-0.39, 0.29) is 6.61 Å². The summed E-state index contributed by atoms with van der Waals surface area (Å²) in [6.07, 6.45) is 2.71. The summed E-state index contributed by atoms with van der Waals surface area (Å²) in [4.78, 5) is 2.32. The largest absolute Gasteiger partial charge is 0.395 e. The third-order valence-corrected chi connectivity index (χ3v) is 2.85. The number of aliphatic hydroxyl groups is 1. The molecule has 78 valence electrons. The van der Waals surface area contributed by atoms with Crippen molar-refractivity contribution in [3.63, 3.8) is 0 Å². The second-order valence-electron chi connectivity index (χ2n) is 3.83. The lowest BCUT2D eigenvalue weighted by atomic mass is 10.2. The Labute approximate surface area is 80.7 Å². The molecule has 1 saturated carbocycles. The highest BCUT2D eigenvalue weighted by molar-refractivity contribution is 4.85. The van der Waals surface area contributed by atoms with Crippen molar-refractivity contribution < 1.29 is 9.84 Å². The van der Waals surface area contributed by atoms with Crippen molar-refractivity contribution in [1.29, 1.82) is 0 Å². The van der Waals surface area contributed by atoms with Crippen molar-refractivity contribution in [3.8, 4) is 0 Å². The summed E-state index contributed by atoms with van der Waals surface area (Å²) >= 11 is 0. The van der Waals surface area contributed by atoms with E-state index in [2.05, 4.69) is 11.8 Å². The monoisotopic (exact) mass is 187 g/mol. The molecule has 1 rings (SSSR count). The van der Waals surface area contributed by atoms with Gasteiger partial charge in [0, 0.05) is 26.2 Å². The second-order valence-corrected chi connectivity index (χ2v) is 3.83. The van der Waals surface area contributed by atoms with E-state index in [1.54, 1.807) is 7.11 Å². The molecule has 1 aliphatic rings. The van der Waals surface area contributed by atoms with E-state index in [0.29, 0.717) is 6.04 Å². The standard InChI is InChI=1S/C10H21NO2/c1-9(10-3-4-10)11(5-7-12)6-8-13-2/h9-10,12H,3-8H2,1-2H3. The van der Waals surface area contributed by atoms with Crippen LogP contribution in [0.3, 0.4) is 0 Å². The molecule has 0 heterocycles. The number of aliphatic hydroxyl groups excluding tert-OH is 1. The van der Waals surface area contributed by atoms with Gasteiger partial charge in [-0.3, -0.25) is 4.90 Å². The Morgan fingerprint density at radius 3 is 2.62 bits per heavy atom. The van der Waals surface area contributed by atoms with E-state index >= 15 is 0 Å². The first-order chi connectivity index (χ1) is 6.29. The number of hydrogen-bond acceptors (Lipinski definition) is 3. The van der Waals surface area contributed by atoms with Crippen LogP contribution in [-0.4, -0.2) is 49.5 Å². The van der Waals surface area contributed by atoms with Crippen molar-refractivity contribution in [3.05, 3.63) is 0 Å². The minimum Gasteiger partial charge on any atom is -0.395 e. The second kappa shape index (κ2) is 5.58. The Balaban J connectivity index is 2.26. The molecule has 0 saturated heterocycles. The molecule has 3 nitrogen and oxygen atoms in total. The van der Waals surface area contributed by atoms with Crippen LogP contribution in [0, 0.1) is 5.92 Å². The van der Waals surface area contributed by atoms with Gasteiger partial charge in [0.15, 0.2) is 0 Å². The molecule has 0 aromatic rings. The van der Waals surface area contributed by atoms with Gasteiger partial charge in [-0.2, -0.15) is 0 Å². The van der Waals surface area contributed by atoms with Gasteiger partial charge >= 0.3 is 0 Å². The zero-order valence-electron chi connectivity index (χ0n) is 8.70. The van der Waals surface area contributed by atoms with Gasteiger partial charge in [-0.1, -0.05) is 0 Å². The third-order valence-electron chi connectivity index (χ3n) is 2.85. The lowest BCUT2D eigenvalue weighted by Crippen LogP contribution is -2.39. The summed E-state index contributed by atoms with van der Waals surface area (Å²) in [5.74, 6) is 0.864. The highest BCUT2D eigenvalue weighted by Crippen LogP contribution is 2.34. The smallest absolute Gasteiger partial charge is 0.0589 e. The van der Waals surface area contributed by atoms with E-state index in [0.717, 1.165) is 25.6 Å². The molecule has 0 aromatic heterocycles. The molecule has 3 heteroatoms. The van der Waals surface area contributed by atoms with Gasteiger partial charge in [0.25, 0.3) is 0 Å². The Morgan fingerprint density at radius 1 is 1.46 bits per heavy atom. The highest BCUT2D eigenvalue weighted by Gasteiger charge is 2.31. The Hall–Kier alpha value is -0.120. The fraction of sp³-hybridized carbons (Fsp3) is 1.00. The van der Waals surface area contributed by atoms with Gasteiger partial charge in [0.1, 0.15) is 0 Å². The highest BCUT2D eigenvalue weighted by atomic mass is 16.5. The van der Waals surface area contributed by atoms with E-state index in [4.69, 9.17) is 9.84 Å². The molecule has 1 unspecified atom stereocenters. The van der Waals surface area contributed by atoms with Crippen LogP contribution in [0.2, 0.25) is 0 Å². The number of nitrogens with zero attached hydrogens (tertiary/aromatic N) is 1. The van der Waals surface area contributed by atoms with Crippen molar-refractivity contribution in [2.45, 2.75) is 25.8 Å². The molecule has 0 bridgehead atoms. The Bertz CT molecular complexity index is 137. The minimum atomic E-state index is 0.251. The molecule has 13 heavy (non-hydrogen) atoms. The molecule has 1 fully saturated rings. The summed E-state index contributed by atoms with van der Waals surface area (Å²) in [6.45, 7) is 4.98. The zero-order valence-corrected chi connectivity index (χ0v) is 8.70. The first-order valence-electron chi connectivity index (χ1n) is 5.13. The summed E-state index contributed by atoms with van der Waals surface area (Å²) in [6, 6.07) is 0.613. The van der Waals surface area contributed by atoms with Crippen LogP contribution in [0.5, 0.6) is 0 Å². The van der Waals surface area contributed by atoms with Crippen LogP contribution >= 0.6 is 0 Å². The van der Waals surface area contributed by atoms with E-state index in [1.165, 1.54) is 12.8 Å². The van der Waals surface area contributed by atoms with Gasteiger partial charge in [0.2, 0.25) is 0 Å². The maximum absolute atomic E-state index is 8.90. The number of rotatable bonds is 7. The van der Waals surface area contributed by atoms with Crippen LogP contribution in [0.25, 0.3) is 0 Å². The molecule has 1 N–H and O–H groups in total. The van der Waals surface area contributed by atoms with Crippen molar-refractivity contribution in [2.24, 2.45) is 5.92 Å². The van der Waals surface area contributed by atoms with E-state index in [1.807, 2.05) is 0 Å². The number of hydrogen-bond donors (Lipinski definition) is 1. The summed E-state index contributed by atoms with van der Waals surface area (Å²) < 4.78 is 5.05. The first-order valence-corrected chi connectivity index (χ1v) is 5.13. The zero-order chi connectivity index (χ0) is 9.68. The molecular formula is C10H21NO2. The average molecular weight is 187 g/mol. The van der Waals surface area contributed by atoms with Crippen LogP contribution < -0.4 is 0 Å². The molecular weight excluding hydrogens is 166 g/mol. The fourth-order valence-electron chi connectivity index (χ4n) is 1.73. The quantitative estimate of drug-likeness (QED) is 0.637. The topological polar surface area (TPSA) is 32.7 Å². The molecule has 0 radical (unpaired) electrons. The van der Waals surface area contributed by atoms with E-state index < -0.39 is 0 Å². The molecule has 0 spiro atoms. The summed E-state index contributed by atoms with van der Waals surface area (Å²) in [7, 11) is 1.72. The van der Waals surface area contributed by atoms with Gasteiger partial charge in [-0.05, 0) is 25.7 Å². The molecule has 0 aliphatic heterocycles. The van der Waals surface area contributed by atoms with Gasteiger partial charge in [0.05, 0.1) is 13.2 Å². The summed E-state index contributed by atoms with van der Waals surface area (Å²) in [5, 5.41) is 8.90. The first kappa shape index (κ1) is 11.0. The minimum absolute atomic E-state index is 0.251. The predicted molar refractivity (Wildman–Crippen MR) is 52.7 cm³/mol. The Morgan fingerprint density at radius 2 is 2.15 bits per heavy atom. The number of ether oxygens (including phenoxy) is 1. The molecule has 0 aromatic carbocycles. The molecule has 1 atom stereocenters. The fourth-order valence-corrected chi connectivity index (χ4v) is 1.73. The predicted octanol–water partition coefficient (Wildman–Crippen LogP) is 0.726. The van der Waals surface area contributed by atoms with Gasteiger partial charge < -0.3 is 9.84 Å². The Kier molecular flexibility index (Phi) is 4.70. The van der Waals surface area contributed by atoms with Crippen LogP contribution in [0.1, 0.15) is 19.8 Å². The normalized spacial score (nSPS) is 19.4. The maximum atomic E-state index is 8.90. The van der Waals surface area contributed by atoms with Crippen molar-refractivity contribution >= 4 is 0 Å². The van der Waals surface area contributed by atoms with Crippen molar-refractivity contribution in [2.75, 3.05) is 33.4 Å². The summed E-state index contributed by atoms with van der Waals surface area (Å²) in [5.41, 5.74) is 0. The number of methoxy groups -OCH3 is 1. The lowest BCUT2D eigenvalue weighted by Gasteiger charge is -2.28. The SMILES string of the molecule is COCCN(CCO)C(C)C1CC1. The van der Waals surface area contributed by atoms with Crippen LogP contribution in [-0.2, 0) is 4.74 Å². The van der Waals surface area contributed by atoms with Crippen LogP contribution in [0.15, 0.2) is 0 Å². The molecule has 0 amide bonds. The average Bonchev–Trinajstić information content (AvgIpc) is 2.94.